The van der Waals surface area contributed by atoms with Crippen LogP contribution in [-0.4, -0.2) is 38.8 Å². The lowest BCUT2D eigenvalue weighted by Crippen LogP contribution is -2.26. The van der Waals surface area contributed by atoms with Gasteiger partial charge in [0.15, 0.2) is 0 Å². The maximum absolute atomic E-state index is 6.30. The molecule has 0 saturated carbocycles. The molecule has 7 heteroatoms. The van der Waals surface area contributed by atoms with Gasteiger partial charge in [0, 0.05) is 35.8 Å². The molecule has 1 fully saturated rings. The number of nitrogens with zero attached hydrogens (tertiary/aromatic N) is 4. The van der Waals surface area contributed by atoms with E-state index in [9.17, 15) is 0 Å². The van der Waals surface area contributed by atoms with Crippen LogP contribution in [0.2, 0.25) is 0 Å². The van der Waals surface area contributed by atoms with E-state index in [0.29, 0.717) is 6.61 Å². The number of hydrogen-bond donors (Lipinski definition) is 1. The fraction of sp³-hybridized carbons (Fsp3) is 0.450. The molecule has 0 amide bonds. The molecule has 140 valence electrons. The van der Waals surface area contributed by atoms with E-state index in [4.69, 9.17) is 9.47 Å². The molecule has 2 aliphatic rings. The second kappa shape index (κ2) is 6.58. The fourth-order valence-corrected chi connectivity index (χ4v) is 4.03. The monoisotopic (exact) mass is 365 g/mol. The molecule has 0 spiro atoms. The minimum absolute atomic E-state index is 0.0179. The number of aryl methyl sites for hydroxylation is 2. The average molecular weight is 365 g/mol. The van der Waals surface area contributed by atoms with Gasteiger partial charge in [-0.25, -0.2) is 15.0 Å². The number of hydrogen-bond acceptors (Lipinski definition) is 6. The predicted molar refractivity (Wildman–Crippen MR) is 101 cm³/mol. The maximum Gasteiger partial charge on any atom is 0.218 e. The minimum atomic E-state index is -0.0828. The van der Waals surface area contributed by atoms with Gasteiger partial charge < -0.3 is 19.4 Å². The summed E-state index contributed by atoms with van der Waals surface area (Å²) in [5.41, 5.74) is 5.42. The second-order valence-electron chi connectivity index (χ2n) is 7.32. The average Bonchev–Trinajstić information content (AvgIpc) is 3.29. The lowest BCUT2D eigenvalue weighted by molar-refractivity contribution is 0.0522. The number of fused-ring (bicyclic) bond motifs is 2. The van der Waals surface area contributed by atoms with Crippen molar-refractivity contribution < 1.29 is 9.47 Å². The Morgan fingerprint density at radius 1 is 1.30 bits per heavy atom. The van der Waals surface area contributed by atoms with Crippen molar-refractivity contribution in [3.05, 3.63) is 47.2 Å². The molecule has 0 aliphatic carbocycles. The van der Waals surface area contributed by atoms with Crippen molar-refractivity contribution in [2.24, 2.45) is 0 Å². The first-order valence-corrected chi connectivity index (χ1v) is 9.45. The van der Waals surface area contributed by atoms with Gasteiger partial charge in [0.05, 0.1) is 12.3 Å². The second-order valence-corrected chi connectivity index (χ2v) is 7.32. The number of aromatic nitrogens is 4. The van der Waals surface area contributed by atoms with Crippen LogP contribution in [0.15, 0.2) is 24.7 Å². The molecule has 0 radical (unpaired) electrons. The Morgan fingerprint density at radius 3 is 3.15 bits per heavy atom. The molecular formula is C20H23N5O2. The van der Waals surface area contributed by atoms with E-state index in [1.807, 2.05) is 26.1 Å². The van der Waals surface area contributed by atoms with Crippen molar-refractivity contribution in [3.63, 3.8) is 0 Å². The lowest BCUT2D eigenvalue weighted by atomic mass is 10.0. The van der Waals surface area contributed by atoms with Crippen LogP contribution < -0.4 is 10.1 Å². The van der Waals surface area contributed by atoms with Gasteiger partial charge >= 0.3 is 0 Å². The van der Waals surface area contributed by atoms with E-state index >= 15 is 0 Å². The summed E-state index contributed by atoms with van der Waals surface area (Å²) in [7, 11) is 0. The Morgan fingerprint density at radius 2 is 2.22 bits per heavy atom. The zero-order valence-corrected chi connectivity index (χ0v) is 15.6. The molecule has 1 N–H and O–H groups in total. The third kappa shape index (κ3) is 2.96. The Labute approximate surface area is 157 Å². The van der Waals surface area contributed by atoms with Crippen LogP contribution >= 0.6 is 0 Å². The molecule has 5 rings (SSSR count). The van der Waals surface area contributed by atoms with Crippen molar-refractivity contribution in [1.29, 1.82) is 0 Å². The van der Waals surface area contributed by atoms with Crippen molar-refractivity contribution in [2.75, 3.05) is 13.2 Å². The van der Waals surface area contributed by atoms with Crippen LogP contribution in [0, 0.1) is 13.8 Å². The molecule has 0 bridgehead atoms. The van der Waals surface area contributed by atoms with E-state index in [-0.39, 0.29) is 12.3 Å². The summed E-state index contributed by atoms with van der Waals surface area (Å²) in [5, 5.41) is 4.47. The zero-order chi connectivity index (χ0) is 18.4. The van der Waals surface area contributed by atoms with Crippen LogP contribution in [0.5, 0.6) is 5.88 Å². The summed E-state index contributed by atoms with van der Waals surface area (Å²) >= 11 is 0. The predicted octanol–water partition coefficient (Wildman–Crippen LogP) is 2.46. The first kappa shape index (κ1) is 16.6. The third-order valence-electron chi connectivity index (χ3n) is 5.42. The quantitative estimate of drug-likeness (QED) is 0.769. The molecule has 3 aromatic rings. The highest BCUT2D eigenvalue weighted by Crippen LogP contribution is 2.32. The smallest absolute Gasteiger partial charge is 0.218 e. The summed E-state index contributed by atoms with van der Waals surface area (Å²) in [6.07, 6.45) is 5.32. The Kier molecular flexibility index (Phi) is 4.06. The Bertz CT molecular complexity index is 999. The highest BCUT2D eigenvalue weighted by molar-refractivity contribution is 5.78. The van der Waals surface area contributed by atoms with Gasteiger partial charge in [0.2, 0.25) is 5.88 Å². The van der Waals surface area contributed by atoms with Crippen LogP contribution in [0.4, 0.5) is 0 Å². The zero-order valence-electron chi connectivity index (χ0n) is 15.6. The molecule has 2 aliphatic heterocycles. The van der Waals surface area contributed by atoms with E-state index in [1.54, 1.807) is 6.33 Å². The standard InChI is InChI=1S/C20H23N5O2/c1-12-7-14-3-5-21-9-17(14)20(24-12)27-15-8-18(26-10-15)25-6-4-16-13(2)22-11-23-19(16)25/h4,6-7,11,15,18,21H,3,5,8-10H2,1-2H3. The lowest BCUT2D eigenvalue weighted by Gasteiger charge is -2.22. The van der Waals surface area contributed by atoms with Crippen LogP contribution in [0.1, 0.15) is 35.2 Å². The van der Waals surface area contributed by atoms with Gasteiger partial charge in [-0.1, -0.05) is 0 Å². The first-order valence-electron chi connectivity index (χ1n) is 9.45. The molecule has 3 aromatic heterocycles. The van der Waals surface area contributed by atoms with Crippen molar-refractivity contribution in [2.45, 2.75) is 45.6 Å². The maximum atomic E-state index is 6.30. The van der Waals surface area contributed by atoms with Crippen molar-refractivity contribution in [1.82, 2.24) is 24.8 Å². The third-order valence-corrected chi connectivity index (χ3v) is 5.42. The summed E-state index contributed by atoms with van der Waals surface area (Å²) in [6, 6.07) is 4.22. The molecule has 0 aromatic carbocycles. The van der Waals surface area contributed by atoms with Gasteiger partial charge in [-0.15, -0.1) is 0 Å². The number of ether oxygens (including phenoxy) is 2. The topological polar surface area (TPSA) is 74.1 Å². The summed E-state index contributed by atoms with van der Waals surface area (Å²) in [5.74, 6) is 0.752. The minimum Gasteiger partial charge on any atom is -0.471 e. The van der Waals surface area contributed by atoms with Crippen molar-refractivity contribution >= 4 is 11.0 Å². The summed E-state index contributed by atoms with van der Waals surface area (Å²) in [6.45, 7) is 6.39. The normalized spacial score (nSPS) is 22.1. The highest BCUT2D eigenvalue weighted by atomic mass is 16.6. The van der Waals surface area contributed by atoms with Gasteiger partial charge in [-0.2, -0.15) is 0 Å². The van der Waals surface area contributed by atoms with Gasteiger partial charge in [0.1, 0.15) is 24.3 Å². The van der Waals surface area contributed by atoms with Gasteiger partial charge in [0.25, 0.3) is 0 Å². The van der Waals surface area contributed by atoms with Crippen molar-refractivity contribution in [3.8, 4) is 5.88 Å². The van der Waals surface area contributed by atoms with Gasteiger partial charge in [-0.05, 0) is 44.5 Å². The highest BCUT2D eigenvalue weighted by Gasteiger charge is 2.31. The SMILES string of the molecule is Cc1cc2c(c(OC3COC(n4ccc5c(C)ncnc54)C3)n1)CNCC2. The molecular weight excluding hydrogens is 342 g/mol. The molecule has 2 unspecified atom stereocenters. The summed E-state index contributed by atoms with van der Waals surface area (Å²) < 4.78 is 14.4. The molecule has 5 heterocycles. The van der Waals surface area contributed by atoms with Crippen LogP contribution in [0.3, 0.4) is 0 Å². The van der Waals surface area contributed by atoms with E-state index in [1.165, 1.54) is 11.1 Å². The molecule has 7 nitrogen and oxygen atoms in total. The number of pyridine rings is 1. The molecule has 1 saturated heterocycles. The van der Waals surface area contributed by atoms with E-state index < -0.39 is 0 Å². The van der Waals surface area contributed by atoms with Gasteiger partial charge in [-0.3, -0.25) is 0 Å². The Balaban J connectivity index is 1.37. The largest absolute Gasteiger partial charge is 0.471 e. The number of rotatable bonds is 3. The first-order chi connectivity index (χ1) is 13.2. The number of nitrogens with one attached hydrogen (secondary N) is 1. The van der Waals surface area contributed by atoms with Crippen LogP contribution in [0.25, 0.3) is 11.0 Å². The van der Waals surface area contributed by atoms with E-state index in [0.717, 1.165) is 54.2 Å². The summed E-state index contributed by atoms with van der Waals surface area (Å²) in [4.78, 5) is 13.4. The van der Waals surface area contributed by atoms with Crippen LogP contribution in [-0.2, 0) is 17.7 Å². The Hall–Kier alpha value is -2.51. The fourth-order valence-electron chi connectivity index (χ4n) is 4.03. The van der Waals surface area contributed by atoms with E-state index in [2.05, 4.69) is 30.9 Å². The molecule has 27 heavy (non-hydrogen) atoms. The molecule has 2 atom stereocenters.